The van der Waals surface area contributed by atoms with Gasteiger partial charge in [0, 0.05) is 0 Å². The van der Waals surface area contributed by atoms with E-state index in [0.29, 0.717) is 0 Å². The van der Waals surface area contributed by atoms with Gasteiger partial charge in [-0.2, -0.15) is 0 Å². The predicted octanol–water partition coefficient (Wildman–Crippen LogP) is 2.77. The van der Waals surface area contributed by atoms with Gasteiger partial charge in [-0.1, -0.05) is 12.8 Å². The van der Waals surface area contributed by atoms with Crippen molar-refractivity contribution in [3.63, 3.8) is 0 Å². The Morgan fingerprint density at radius 1 is 0.778 bits per heavy atom. The first kappa shape index (κ1) is 6.16. The lowest BCUT2D eigenvalue weighted by Crippen LogP contribution is -1.95. The van der Waals surface area contributed by atoms with E-state index in [1.54, 1.807) is 25.7 Å². The van der Waals surface area contributed by atoms with E-state index in [9.17, 15) is 0 Å². The van der Waals surface area contributed by atoms with Crippen molar-refractivity contribution in [2.45, 2.75) is 49.8 Å². The topological polar surface area (TPSA) is 0 Å². The molecule has 0 amide bonds. The average molecular weight is 142 g/mol. The van der Waals surface area contributed by atoms with E-state index in [1.165, 1.54) is 32.7 Å². The minimum Gasteiger partial charge on any atom is -0.116 e. The molecule has 0 unspecified atom stereocenters. The Balaban J connectivity index is 1.99. The molecule has 2 saturated heterocycles. The zero-order valence-corrected chi connectivity index (χ0v) is 6.90. The molecule has 0 aromatic carbocycles. The fourth-order valence-corrected chi connectivity index (χ4v) is 4.21. The molecule has 2 fully saturated rings. The van der Waals surface area contributed by atoms with Crippen LogP contribution < -0.4 is 0 Å². The predicted molar refractivity (Wildman–Crippen MR) is 43.6 cm³/mol. The normalized spacial score (nSPS) is 45.3. The number of hydrogen-bond donors (Lipinski definition) is 0. The largest absolute Gasteiger partial charge is 0.116 e. The molecule has 0 saturated carbocycles. The van der Waals surface area contributed by atoms with Gasteiger partial charge in [-0.05, 0) is 37.0 Å². The SMILES string of the molecule is C1CC[C@@H]2CC[C@@H](C1)P2. The van der Waals surface area contributed by atoms with E-state index in [2.05, 4.69) is 0 Å². The third kappa shape index (κ3) is 1.29. The van der Waals surface area contributed by atoms with Crippen LogP contribution in [-0.2, 0) is 0 Å². The van der Waals surface area contributed by atoms with Crippen LogP contribution in [0, 0.1) is 0 Å². The molecule has 52 valence electrons. The second kappa shape index (κ2) is 2.58. The molecule has 0 aromatic rings. The highest BCUT2D eigenvalue weighted by Gasteiger charge is 2.25. The molecule has 2 aliphatic heterocycles. The highest BCUT2D eigenvalue weighted by atomic mass is 31.1. The molecular weight excluding hydrogens is 127 g/mol. The third-order valence-electron chi connectivity index (χ3n) is 2.69. The van der Waals surface area contributed by atoms with E-state index in [1.807, 2.05) is 0 Å². The Labute approximate surface area is 59.2 Å². The summed E-state index contributed by atoms with van der Waals surface area (Å²) in [6, 6.07) is 0. The van der Waals surface area contributed by atoms with E-state index >= 15 is 0 Å². The van der Waals surface area contributed by atoms with Crippen molar-refractivity contribution in [1.29, 1.82) is 0 Å². The number of hydrogen-bond acceptors (Lipinski definition) is 0. The van der Waals surface area contributed by atoms with E-state index in [4.69, 9.17) is 0 Å². The highest BCUT2D eigenvalue weighted by molar-refractivity contribution is 7.40. The van der Waals surface area contributed by atoms with Crippen molar-refractivity contribution in [1.82, 2.24) is 0 Å². The van der Waals surface area contributed by atoms with Crippen LogP contribution in [0.1, 0.15) is 38.5 Å². The molecule has 2 atom stereocenters. The molecule has 0 aliphatic carbocycles. The summed E-state index contributed by atoms with van der Waals surface area (Å²) in [6.45, 7) is 0. The number of rotatable bonds is 0. The molecule has 2 aliphatic rings. The van der Waals surface area contributed by atoms with Gasteiger partial charge in [0.15, 0.2) is 0 Å². The highest BCUT2D eigenvalue weighted by Crippen LogP contribution is 2.46. The van der Waals surface area contributed by atoms with Gasteiger partial charge in [0.05, 0.1) is 0 Å². The van der Waals surface area contributed by atoms with Crippen molar-refractivity contribution < 1.29 is 0 Å². The minimum atomic E-state index is 1.18. The summed E-state index contributed by atoms with van der Waals surface area (Å²) in [5, 5.41) is 0. The third-order valence-corrected chi connectivity index (χ3v) is 4.79. The smallest absolute Gasteiger partial charge is 0.0234 e. The summed E-state index contributed by atoms with van der Waals surface area (Å²) in [7, 11) is 1.35. The monoisotopic (exact) mass is 142 g/mol. The van der Waals surface area contributed by atoms with Gasteiger partial charge in [-0.15, -0.1) is 8.58 Å². The van der Waals surface area contributed by atoms with Crippen molar-refractivity contribution in [3.05, 3.63) is 0 Å². The van der Waals surface area contributed by atoms with Gasteiger partial charge < -0.3 is 0 Å². The second-order valence-corrected chi connectivity index (χ2v) is 5.39. The quantitative estimate of drug-likeness (QED) is 0.456. The maximum atomic E-state index is 1.57. The van der Waals surface area contributed by atoms with Crippen LogP contribution in [0.2, 0.25) is 0 Å². The molecule has 0 spiro atoms. The summed E-state index contributed by atoms with van der Waals surface area (Å²) < 4.78 is 0. The van der Waals surface area contributed by atoms with Gasteiger partial charge in [-0.25, -0.2) is 0 Å². The van der Waals surface area contributed by atoms with E-state index < -0.39 is 0 Å². The average Bonchev–Trinajstić information content (AvgIpc) is 2.09. The van der Waals surface area contributed by atoms with Crippen LogP contribution in [0.5, 0.6) is 0 Å². The molecule has 0 radical (unpaired) electrons. The van der Waals surface area contributed by atoms with Gasteiger partial charge >= 0.3 is 0 Å². The zero-order chi connectivity index (χ0) is 6.10. The number of fused-ring (bicyclic) bond motifs is 2. The van der Waals surface area contributed by atoms with E-state index in [-0.39, 0.29) is 0 Å². The fourth-order valence-electron chi connectivity index (χ4n) is 2.14. The van der Waals surface area contributed by atoms with Crippen LogP contribution in [0.25, 0.3) is 0 Å². The molecule has 2 heterocycles. The van der Waals surface area contributed by atoms with Crippen LogP contribution in [-0.4, -0.2) is 11.3 Å². The van der Waals surface area contributed by atoms with Gasteiger partial charge in [-0.3, -0.25) is 0 Å². The van der Waals surface area contributed by atoms with Crippen LogP contribution in [0.4, 0.5) is 0 Å². The molecule has 2 bridgehead atoms. The lowest BCUT2D eigenvalue weighted by Gasteiger charge is -2.04. The van der Waals surface area contributed by atoms with Crippen LogP contribution in [0.15, 0.2) is 0 Å². The van der Waals surface area contributed by atoms with Crippen molar-refractivity contribution >= 4 is 8.58 Å². The van der Waals surface area contributed by atoms with Crippen LogP contribution in [0.3, 0.4) is 0 Å². The molecular formula is C8H15P. The Hall–Kier alpha value is 0.430. The summed E-state index contributed by atoms with van der Waals surface area (Å²) in [6.07, 6.45) is 9.35. The van der Waals surface area contributed by atoms with Gasteiger partial charge in [0.2, 0.25) is 0 Å². The standard InChI is InChI=1S/C8H15P/c1-2-4-8-6-5-7(3-1)9-8/h7-9H,1-6H2/t7-,8-/m1/s1. The van der Waals surface area contributed by atoms with E-state index in [0.717, 1.165) is 0 Å². The maximum Gasteiger partial charge on any atom is -0.0234 e. The minimum absolute atomic E-state index is 1.18. The van der Waals surface area contributed by atoms with Crippen molar-refractivity contribution in [2.75, 3.05) is 0 Å². The summed E-state index contributed by atoms with van der Waals surface area (Å²) in [5.74, 6) is 0. The Morgan fingerprint density at radius 3 is 1.89 bits per heavy atom. The Kier molecular flexibility index (Phi) is 1.77. The van der Waals surface area contributed by atoms with Gasteiger partial charge in [0.25, 0.3) is 0 Å². The second-order valence-electron chi connectivity index (χ2n) is 3.42. The summed E-state index contributed by atoms with van der Waals surface area (Å²) >= 11 is 0. The van der Waals surface area contributed by atoms with Crippen molar-refractivity contribution in [3.8, 4) is 0 Å². The van der Waals surface area contributed by atoms with Crippen LogP contribution >= 0.6 is 8.58 Å². The Bertz CT molecular complexity index is 88.7. The molecule has 0 N–H and O–H groups in total. The van der Waals surface area contributed by atoms with Crippen molar-refractivity contribution in [2.24, 2.45) is 0 Å². The van der Waals surface area contributed by atoms with Gasteiger partial charge in [0.1, 0.15) is 0 Å². The fraction of sp³-hybridized carbons (Fsp3) is 1.00. The first-order chi connectivity index (χ1) is 4.45. The molecule has 0 aromatic heterocycles. The first-order valence-electron chi connectivity index (χ1n) is 4.21. The summed E-state index contributed by atoms with van der Waals surface area (Å²) in [5.41, 5.74) is 2.36. The molecule has 0 nitrogen and oxygen atoms in total. The molecule has 9 heavy (non-hydrogen) atoms. The zero-order valence-electron chi connectivity index (χ0n) is 5.90. The first-order valence-corrected chi connectivity index (χ1v) is 5.37. The lowest BCUT2D eigenvalue weighted by atomic mass is 10.0. The molecule has 1 heteroatoms. The maximum absolute atomic E-state index is 1.57. The summed E-state index contributed by atoms with van der Waals surface area (Å²) in [4.78, 5) is 0. The molecule has 2 rings (SSSR count). The lowest BCUT2D eigenvalue weighted by molar-refractivity contribution is 0.556. The Morgan fingerprint density at radius 2 is 1.33 bits per heavy atom.